The maximum atomic E-state index is 10.1. The van der Waals surface area contributed by atoms with Gasteiger partial charge < -0.3 is 69.6 Å². The Balaban J connectivity index is -0.000000120. The number of carbonyl (C=O) groups is 6. The van der Waals surface area contributed by atoms with Gasteiger partial charge in [0.1, 0.15) is 12.2 Å². The maximum absolute atomic E-state index is 10.1. The number of rotatable bonds is 10. The van der Waals surface area contributed by atoms with Crippen LogP contribution in [0.25, 0.3) is 0 Å². The van der Waals surface area contributed by atoms with E-state index in [1.165, 1.54) is 0 Å². The van der Waals surface area contributed by atoms with Gasteiger partial charge in [-0.3, -0.25) is 0 Å². The predicted molar refractivity (Wildman–Crippen MR) is 75.5 cm³/mol. The van der Waals surface area contributed by atoms with E-state index in [0.717, 1.165) is 0 Å². The molecule has 0 aromatic carbocycles. The summed E-state index contributed by atoms with van der Waals surface area (Å²) in [5.74, 6) is -15.8. The molecule has 0 bridgehead atoms. The molecule has 0 radical (unpaired) electrons. The van der Waals surface area contributed by atoms with E-state index in [2.05, 4.69) is 0 Å². The Kier molecular flexibility index (Phi) is 25.5. The maximum Gasteiger partial charge on any atom is 4.00 e. The number of aliphatic hydroxyl groups excluding tert-OH is 2. The van der Waals surface area contributed by atoms with E-state index in [1.54, 1.807) is 0 Å². The van der Waals surface area contributed by atoms with E-state index in [4.69, 9.17) is 10.2 Å². The van der Waals surface area contributed by atoms with Crippen molar-refractivity contribution in [2.75, 3.05) is 0 Å². The number of hydrogen-bond donors (Lipinski definition) is 2. The Morgan fingerprint density at radius 2 is 0.724 bits per heavy atom. The Hall–Kier alpha value is -0.864. The fourth-order valence-corrected chi connectivity index (χ4v) is 1.34. The third-order valence-corrected chi connectivity index (χ3v) is 2.62. The second kappa shape index (κ2) is 19.1. The van der Waals surface area contributed by atoms with Gasteiger partial charge in [-0.05, 0) is 12.8 Å². The summed E-state index contributed by atoms with van der Waals surface area (Å²) in [6, 6.07) is 0. The molecule has 2 N–H and O–H groups in total. The number of carbonyl (C=O) groups excluding carboxylic acids is 6. The fraction of sp³-hybridized carbons (Fsp3) is 0.500. The SMILES string of the molecule is O=C([O-])CC(C(=O)[O-])C(O)C(=O)[O-].O=C([O-])CC(C(=O)[O-])C(O)C(=O)[O-].[Sn+4].[Sn+4].[Sn+4]. The predicted octanol–water partition coefficient (Wildman–Crippen LogP) is -11.9. The average Bonchev–Trinajstić information content (AvgIpc) is 2.48. The molecule has 0 aliphatic carbocycles. The van der Waals surface area contributed by atoms with Gasteiger partial charge in [0.15, 0.2) is 0 Å². The van der Waals surface area contributed by atoms with Crippen molar-refractivity contribution in [1.82, 2.24) is 0 Å². The summed E-state index contributed by atoms with van der Waals surface area (Å²) in [4.78, 5) is 60.0. The smallest absolute Gasteiger partial charge is 0.550 e. The van der Waals surface area contributed by atoms with E-state index in [0.29, 0.717) is 0 Å². The van der Waals surface area contributed by atoms with Crippen LogP contribution in [0.1, 0.15) is 12.8 Å². The quantitative estimate of drug-likeness (QED) is 0.197. The number of aliphatic hydroxyl groups is 2. The Labute approximate surface area is 212 Å². The third-order valence-electron chi connectivity index (χ3n) is 2.62. The molecule has 0 saturated carbocycles. The van der Waals surface area contributed by atoms with Crippen molar-refractivity contribution in [2.24, 2.45) is 11.8 Å². The molecule has 0 aliphatic heterocycles. The van der Waals surface area contributed by atoms with Gasteiger partial charge in [-0.25, -0.2) is 0 Å². The molecule has 0 saturated heterocycles. The average molecular weight is 734 g/mol. The Morgan fingerprint density at radius 3 is 0.828 bits per heavy atom. The van der Waals surface area contributed by atoms with Crippen molar-refractivity contribution in [1.29, 1.82) is 0 Å². The van der Waals surface area contributed by atoms with Gasteiger partial charge in [0, 0.05) is 35.7 Å². The van der Waals surface area contributed by atoms with E-state index in [9.17, 15) is 59.4 Å². The van der Waals surface area contributed by atoms with Crippen LogP contribution in [0.4, 0.5) is 0 Å². The fourth-order valence-electron chi connectivity index (χ4n) is 1.34. The zero-order chi connectivity index (χ0) is 21.2. The minimum atomic E-state index is -2.41. The second-order valence-electron chi connectivity index (χ2n) is 4.53. The van der Waals surface area contributed by atoms with Crippen LogP contribution in [0.15, 0.2) is 0 Å². The molecule has 0 aromatic rings. The van der Waals surface area contributed by atoms with Gasteiger partial charge in [0.2, 0.25) is 0 Å². The molecule has 29 heavy (non-hydrogen) atoms. The van der Waals surface area contributed by atoms with Crippen molar-refractivity contribution in [3.8, 4) is 0 Å². The van der Waals surface area contributed by atoms with Crippen LogP contribution in [-0.4, -0.2) is 130 Å². The van der Waals surface area contributed by atoms with E-state index >= 15 is 0 Å². The van der Waals surface area contributed by atoms with E-state index in [1.807, 2.05) is 0 Å². The number of hydrogen-bond acceptors (Lipinski definition) is 14. The molecule has 0 rings (SSSR count). The van der Waals surface area contributed by atoms with Gasteiger partial charge in [-0.2, -0.15) is 0 Å². The second-order valence-corrected chi connectivity index (χ2v) is 4.53. The summed E-state index contributed by atoms with van der Waals surface area (Å²) in [6.45, 7) is 0. The molecule has 17 heteroatoms. The van der Waals surface area contributed by atoms with Crippen LogP contribution in [0.5, 0.6) is 0 Å². The summed E-state index contributed by atoms with van der Waals surface area (Å²) in [6.07, 6.45) is -7.11. The number of carboxylic acid groups (broad SMARTS) is 6. The first-order chi connectivity index (χ1) is 11.7. The standard InChI is InChI=1S/2C6H8O7.3Sn/c2*7-3(8)1-2(5(10)11)4(9)6(12)13;;;/h2*2,4,9H,1H2,(H,7,8)(H,10,11)(H,12,13);;;/q;;3*+4/p-6. The van der Waals surface area contributed by atoms with Gasteiger partial charge in [-0.15, -0.1) is 0 Å². The third kappa shape index (κ3) is 17.7. The molecule has 4 unspecified atom stereocenters. The Morgan fingerprint density at radius 1 is 0.517 bits per heavy atom. The molecule has 4 atom stereocenters. The van der Waals surface area contributed by atoms with Crippen LogP contribution in [0.2, 0.25) is 0 Å². The van der Waals surface area contributed by atoms with Crippen LogP contribution in [0, 0.1) is 11.8 Å². The first-order valence-electron chi connectivity index (χ1n) is 6.31. The molecule has 0 fully saturated rings. The van der Waals surface area contributed by atoms with Gasteiger partial charge in [-0.1, -0.05) is 0 Å². The summed E-state index contributed by atoms with van der Waals surface area (Å²) >= 11 is 0. The zero-order valence-corrected chi connectivity index (χ0v) is 22.6. The monoisotopic (exact) mass is 738 g/mol. The topological polar surface area (TPSA) is 281 Å². The largest absolute Gasteiger partial charge is 4.00 e. The number of aliphatic carboxylic acids is 6. The van der Waals surface area contributed by atoms with Gasteiger partial charge in [0.05, 0.1) is 11.9 Å². The molecule has 0 heterocycles. The first-order valence-corrected chi connectivity index (χ1v) is 6.31. The van der Waals surface area contributed by atoms with Crippen LogP contribution < -0.4 is 30.6 Å². The van der Waals surface area contributed by atoms with Crippen molar-refractivity contribution < 1.29 is 69.6 Å². The molecule has 0 aromatic heterocycles. The van der Waals surface area contributed by atoms with Crippen LogP contribution in [-0.2, 0) is 28.8 Å². The minimum absolute atomic E-state index is 0. The van der Waals surface area contributed by atoms with Crippen LogP contribution in [0.3, 0.4) is 0 Å². The number of carboxylic acids is 6. The van der Waals surface area contributed by atoms with Gasteiger partial charge in [0.25, 0.3) is 0 Å². The van der Waals surface area contributed by atoms with Crippen molar-refractivity contribution in [2.45, 2.75) is 25.0 Å². The van der Waals surface area contributed by atoms with E-state index < -0.39 is 72.7 Å². The normalized spacial score (nSPS) is 13.0. The molecular weight excluding hydrogens is 724 g/mol. The molecule has 0 aliphatic rings. The minimum Gasteiger partial charge on any atom is -0.550 e. The Bertz CT molecular complexity index is 530. The first kappa shape index (κ1) is 38.7. The van der Waals surface area contributed by atoms with Crippen molar-refractivity contribution in [3.05, 3.63) is 0 Å². The summed E-state index contributed by atoms with van der Waals surface area (Å²) in [5, 5.41) is 77.3. The van der Waals surface area contributed by atoms with Crippen LogP contribution >= 0.6 is 0 Å². The molecule has 148 valence electrons. The van der Waals surface area contributed by atoms with Gasteiger partial charge >= 0.3 is 71.7 Å². The van der Waals surface area contributed by atoms with Crippen molar-refractivity contribution in [3.63, 3.8) is 0 Å². The zero-order valence-electron chi connectivity index (χ0n) is 14.0. The molecule has 0 amide bonds. The summed E-state index contributed by atoms with van der Waals surface area (Å²) < 4.78 is 0. The molecule has 14 nitrogen and oxygen atoms in total. The molecule has 0 spiro atoms. The van der Waals surface area contributed by atoms with Crippen molar-refractivity contribution >= 4 is 108 Å². The summed E-state index contributed by atoms with van der Waals surface area (Å²) in [7, 11) is 0. The molecular formula is C12H10O14Sn3+6. The summed E-state index contributed by atoms with van der Waals surface area (Å²) in [5.41, 5.74) is 0. The van der Waals surface area contributed by atoms with E-state index in [-0.39, 0.29) is 71.7 Å².